The van der Waals surface area contributed by atoms with Crippen molar-refractivity contribution in [1.82, 2.24) is 16.0 Å². The summed E-state index contributed by atoms with van der Waals surface area (Å²) in [4.78, 5) is 50.2. The van der Waals surface area contributed by atoms with Crippen LogP contribution >= 0.6 is 0 Å². The number of nitrogens with zero attached hydrogens (tertiary/aromatic N) is 1. The highest BCUT2D eigenvalue weighted by atomic mass is 16.7. The molecule has 0 radical (unpaired) electrons. The minimum absolute atomic E-state index is 0.0690. The van der Waals surface area contributed by atoms with E-state index in [1.165, 1.54) is 12.1 Å². The van der Waals surface area contributed by atoms with E-state index >= 15 is 0 Å². The van der Waals surface area contributed by atoms with Gasteiger partial charge in [0.2, 0.25) is 17.7 Å². The average Bonchev–Trinajstić information content (AvgIpc) is 3.45. The topological polar surface area (TPSA) is 158 Å². The summed E-state index contributed by atoms with van der Waals surface area (Å²) in [6.07, 6.45) is 0.826. The van der Waals surface area contributed by atoms with Crippen molar-refractivity contribution >= 4 is 23.4 Å². The van der Waals surface area contributed by atoms with E-state index in [0.717, 1.165) is 0 Å². The van der Waals surface area contributed by atoms with Crippen LogP contribution in [0.25, 0.3) is 0 Å². The predicted octanol–water partition coefficient (Wildman–Crippen LogP) is 4.41. The first-order chi connectivity index (χ1) is 20.1. The first kappa shape index (κ1) is 35.9. The third-order valence-electron chi connectivity index (χ3n) is 7.36. The van der Waals surface area contributed by atoms with Crippen LogP contribution in [0, 0.1) is 27.4 Å². The molecule has 3 atom stereocenters. The van der Waals surface area contributed by atoms with Crippen molar-refractivity contribution in [3.05, 3.63) is 33.9 Å². The minimum atomic E-state index is -0.825. The maximum absolute atomic E-state index is 13.4. The summed E-state index contributed by atoms with van der Waals surface area (Å²) in [5.74, 6) is -0.949. The van der Waals surface area contributed by atoms with Crippen LogP contribution in [0.4, 0.5) is 5.69 Å². The van der Waals surface area contributed by atoms with Gasteiger partial charge in [0.15, 0.2) is 6.29 Å². The van der Waals surface area contributed by atoms with Gasteiger partial charge >= 0.3 is 0 Å². The van der Waals surface area contributed by atoms with Crippen LogP contribution in [0.1, 0.15) is 92.9 Å². The molecule has 1 aliphatic rings. The molecular formula is C31H50N4O8. The first-order valence-electron chi connectivity index (χ1n) is 15.1. The zero-order chi connectivity index (χ0) is 32.4. The normalized spacial score (nSPS) is 16.7. The molecule has 3 amide bonds. The average molecular weight is 607 g/mol. The number of carbonyl (C=O) groups is 3. The molecule has 1 heterocycles. The van der Waals surface area contributed by atoms with E-state index < -0.39 is 28.5 Å². The third kappa shape index (κ3) is 11.4. The van der Waals surface area contributed by atoms with E-state index in [0.29, 0.717) is 56.8 Å². The Bertz CT molecular complexity index is 1110. The third-order valence-corrected chi connectivity index (χ3v) is 7.36. The van der Waals surface area contributed by atoms with Gasteiger partial charge < -0.3 is 30.2 Å². The largest absolute Gasteiger partial charge is 0.494 e. The highest BCUT2D eigenvalue weighted by molar-refractivity contribution is 5.85. The van der Waals surface area contributed by atoms with Crippen LogP contribution in [0.3, 0.4) is 0 Å². The molecule has 1 aromatic rings. The summed E-state index contributed by atoms with van der Waals surface area (Å²) >= 11 is 0. The Kier molecular flexibility index (Phi) is 13.4. The van der Waals surface area contributed by atoms with Gasteiger partial charge in [-0.1, -0.05) is 20.8 Å². The lowest BCUT2D eigenvalue weighted by Gasteiger charge is -2.32. The van der Waals surface area contributed by atoms with Crippen molar-refractivity contribution in [3.8, 4) is 5.75 Å². The van der Waals surface area contributed by atoms with Gasteiger partial charge in [0.1, 0.15) is 5.75 Å². The summed E-state index contributed by atoms with van der Waals surface area (Å²) in [7, 11) is 0. The fourth-order valence-corrected chi connectivity index (χ4v) is 4.85. The maximum Gasteiger partial charge on any atom is 0.277 e. The van der Waals surface area contributed by atoms with Crippen molar-refractivity contribution in [1.29, 1.82) is 0 Å². The molecule has 43 heavy (non-hydrogen) atoms. The van der Waals surface area contributed by atoms with Gasteiger partial charge in [-0.15, -0.1) is 0 Å². The number of amides is 3. The molecule has 12 nitrogen and oxygen atoms in total. The second-order valence-corrected chi connectivity index (χ2v) is 12.9. The van der Waals surface area contributed by atoms with E-state index in [1.807, 2.05) is 55.4 Å². The Hall–Kier alpha value is -3.25. The number of nitro benzene ring substituents is 1. The maximum atomic E-state index is 13.4. The molecule has 0 bridgehead atoms. The summed E-state index contributed by atoms with van der Waals surface area (Å²) in [6, 6.07) is 4.37. The molecule has 2 rings (SSSR count). The number of rotatable bonds is 16. The summed E-state index contributed by atoms with van der Waals surface area (Å²) < 4.78 is 16.7. The summed E-state index contributed by atoms with van der Waals surface area (Å²) in [5, 5.41) is 20.3. The van der Waals surface area contributed by atoms with Crippen LogP contribution < -0.4 is 20.7 Å². The molecule has 1 aromatic carbocycles. The lowest BCUT2D eigenvalue weighted by molar-refractivity contribution is -0.386. The molecule has 1 fully saturated rings. The van der Waals surface area contributed by atoms with Gasteiger partial charge in [-0.25, -0.2) is 0 Å². The molecule has 0 aromatic heterocycles. The zero-order valence-electron chi connectivity index (χ0n) is 26.9. The van der Waals surface area contributed by atoms with E-state index in [2.05, 4.69) is 16.0 Å². The lowest BCUT2D eigenvalue weighted by Crippen LogP contribution is -2.46. The monoisotopic (exact) mass is 606 g/mol. The number of nitrogens with one attached hydrogen (secondary N) is 3. The standard InChI is InChI=1S/C31H50N4O8/c1-9-31(8,19-22(27(37)33-20(2)3)17-21(4)26(36)34-30(5,6)7)29(38)32-13-10-14-41-23-11-12-25(35(39)40)24(18-23)28-42-15-16-43-28/h11-12,18,20-22,28H,9-10,13-17,19H2,1-8H3,(H,32,38)(H,33,37)(H,34,36). The van der Waals surface area contributed by atoms with E-state index in [-0.39, 0.29) is 41.6 Å². The van der Waals surface area contributed by atoms with Crippen molar-refractivity contribution in [2.75, 3.05) is 26.4 Å². The zero-order valence-corrected chi connectivity index (χ0v) is 26.9. The molecule has 3 N–H and O–H groups in total. The lowest BCUT2D eigenvalue weighted by atomic mass is 9.75. The van der Waals surface area contributed by atoms with Crippen LogP contribution in [-0.2, 0) is 23.9 Å². The van der Waals surface area contributed by atoms with Crippen molar-refractivity contribution in [2.24, 2.45) is 17.3 Å². The molecule has 0 spiro atoms. The highest BCUT2D eigenvalue weighted by Crippen LogP contribution is 2.35. The molecule has 242 valence electrons. The smallest absolute Gasteiger partial charge is 0.277 e. The minimum Gasteiger partial charge on any atom is -0.494 e. The Balaban J connectivity index is 1.98. The van der Waals surface area contributed by atoms with Gasteiger partial charge in [-0.3, -0.25) is 24.5 Å². The Labute approximate surface area is 255 Å². The number of hydrogen-bond donors (Lipinski definition) is 3. The number of benzene rings is 1. The molecule has 3 unspecified atom stereocenters. The van der Waals surface area contributed by atoms with Crippen LogP contribution in [-0.4, -0.2) is 60.6 Å². The van der Waals surface area contributed by atoms with Crippen molar-refractivity contribution < 1.29 is 33.5 Å². The number of nitro groups is 1. The Morgan fingerprint density at radius 1 is 1.09 bits per heavy atom. The highest BCUT2D eigenvalue weighted by Gasteiger charge is 2.38. The summed E-state index contributed by atoms with van der Waals surface area (Å²) in [6.45, 7) is 16.4. The molecule has 1 aliphatic heterocycles. The van der Waals surface area contributed by atoms with Crippen molar-refractivity contribution in [3.63, 3.8) is 0 Å². The molecule has 0 saturated carbocycles. The van der Waals surface area contributed by atoms with E-state index in [1.54, 1.807) is 6.07 Å². The Morgan fingerprint density at radius 2 is 1.74 bits per heavy atom. The fourth-order valence-electron chi connectivity index (χ4n) is 4.85. The second kappa shape index (κ2) is 16.0. The molecule has 12 heteroatoms. The quantitative estimate of drug-likeness (QED) is 0.142. The van der Waals surface area contributed by atoms with Crippen LogP contribution in [0.15, 0.2) is 18.2 Å². The van der Waals surface area contributed by atoms with Gasteiger partial charge in [0, 0.05) is 41.4 Å². The van der Waals surface area contributed by atoms with Crippen LogP contribution in [0.5, 0.6) is 5.75 Å². The molecule has 1 saturated heterocycles. The molecule has 0 aliphatic carbocycles. The number of carbonyl (C=O) groups excluding carboxylic acids is 3. The van der Waals surface area contributed by atoms with E-state index in [4.69, 9.17) is 14.2 Å². The van der Waals surface area contributed by atoms with Gasteiger partial charge in [-0.2, -0.15) is 0 Å². The number of ether oxygens (including phenoxy) is 3. The first-order valence-corrected chi connectivity index (χ1v) is 15.1. The van der Waals surface area contributed by atoms with Crippen LogP contribution in [0.2, 0.25) is 0 Å². The number of hydrogen-bond acceptors (Lipinski definition) is 8. The Morgan fingerprint density at radius 3 is 2.30 bits per heavy atom. The SMILES string of the molecule is CCC(C)(CC(CC(C)C(=O)NC(C)(C)C)C(=O)NC(C)C)C(=O)NCCCOc1ccc([N+](=O)[O-])c(C2OCCO2)c1. The second-order valence-electron chi connectivity index (χ2n) is 12.9. The van der Waals surface area contributed by atoms with Gasteiger partial charge in [0.05, 0.1) is 30.3 Å². The van der Waals surface area contributed by atoms with Gasteiger partial charge in [-0.05, 0) is 72.4 Å². The molecular weight excluding hydrogens is 556 g/mol. The van der Waals surface area contributed by atoms with Gasteiger partial charge in [0.25, 0.3) is 5.69 Å². The van der Waals surface area contributed by atoms with Crippen molar-refractivity contribution in [2.45, 2.75) is 98.9 Å². The fraction of sp³-hybridized carbons (Fsp3) is 0.710. The predicted molar refractivity (Wildman–Crippen MR) is 162 cm³/mol. The summed E-state index contributed by atoms with van der Waals surface area (Å²) in [5.41, 5.74) is -1.01. The van der Waals surface area contributed by atoms with E-state index in [9.17, 15) is 24.5 Å².